The van der Waals surface area contributed by atoms with E-state index in [-0.39, 0.29) is 30.5 Å². The van der Waals surface area contributed by atoms with Crippen LogP contribution in [0.5, 0.6) is 0 Å². The maximum atomic E-state index is 10.1. The highest BCUT2D eigenvalue weighted by molar-refractivity contribution is 14.0. The highest BCUT2D eigenvalue weighted by Crippen LogP contribution is 2.22. The summed E-state index contributed by atoms with van der Waals surface area (Å²) in [4.78, 5) is 4.33. The lowest BCUT2D eigenvalue weighted by atomic mass is 10.1. The van der Waals surface area contributed by atoms with Crippen molar-refractivity contribution in [3.8, 4) is 0 Å². The van der Waals surface area contributed by atoms with Gasteiger partial charge in [-0.25, -0.2) is 0 Å². The number of aliphatic hydroxyl groups is 1. The van der Waals surface area contributed by atoms with E-state index < -0.39 is 6.10 Å². The molecule has 0 aliphatic heterocycles. The molecule has 0 bridgehead atoms. The standard InChI is InChI=1S/C14H22ClN3O2.HI/c1-3-16-14(17-8-9-20-2)18-10-13(19)11-6-4-5-7-12(11)15;/h4-7,13,19H,3,8-10H2,1-2H3,(H2,16,17,18);1H. The zero-order chi connectivity index (χ0) is 14.8. The maximum Gasteiger partial charge on any atom is 0.191 e. The SMILES string of the molecule is CCNC(=NCC(O)c1ccccc1Cl)NCCOC.I. The fourth-order valence-corrected chi connectivity index (χ4v) is 1.90. The fourth-order valence-electron chi connectivity index (χ4n) is 1.63. The summed E-state index contributed by atoms with van der Waals surface area (Å²) in [5, 5.41) is 16.9. The van der Waals surface area contributed by atoms with Crippen molar-refractivity contribution in [1.82, 2.24) is 10.6 Å². The number of methoxy groups -OCH3 is 1. The van der Waals surface area contributed by atoms with Crippen LogP contribution in [0.1, 0.15) is 18.6 Å². The Kier molecular flexibility index (Phi) is 11.7. The third-order valence-electron chi connectivity index (χ3n) is 2.63. The minimum atomic E-state index is -0.721. The maximum absolute atomic E-state index is 10.1. The van der Waals surface area contributed by atoms with E-state index in [2.05, 4.69) is 15.6 Å². The summed E-state index contributed by atoms with van der Waals surface area (Å²) in [5.41, 5.74) is 0.686. The van der Waals surface area contributed by atoms with Gasteiger partial charge >= 0.3 is 0 Å². The molecule has 0 spiro atoms. The molecule has 1 aromatic carbocycles. The van der Waals surface area contributed by atoms with E-state index in [1.54, 1.807) is 19.2 Å². The van der Waals surface area contributed by atoms with Gasteiger partial charge in [0.05, 0.1) is 13.2 Å². The van der Waals surface area contributed by atoms with Crippen molar-refractivity contribution in [3.05, 3.63) is 34.9 Å². The average Bonchev–Trinajstić information content (AvgIpc) is 2.45. The Balaban J connectivity index is 0.00000400. The third-order valence-corrected chi connectivity index (χ3v) is 2.97. The largest absolute Gasteiger partial charge is 0.386 e. The first-order valence-electron chi connectivity index (χ1n) is 6.62. The number of hydrogen-bond donors (Lipinski definition) is 3. The predicted molar refractivity (Wildman–Crippen MR) is 97.7 cm³/mol. The minimum Gasteiger partial charge on any atom is -0.386 e. The topological polar surface area (TPSA) is 65.9 Å². The summed E-state index contributed by atoms with van der Waals surface area (Å²) in [6, 6.07) is 7.23. The van der Waals surface area contributed by atoms with E-state index >= 15 is 0 Å². The molecular formula is C14H23ClIN3O2. The number of benzene rings is 1. The van der Waals surface area contributed by atoms with Crippen LogP contribution >= 0.6 is 35.6 Å². The summed E-state index contributed by atoms with van der Waals surface area (Å²) in [5.74, 6) is 0.649. The molecule has 0 heterocycles. The molecule has 7 heteroatoms. The van der Waals surface area contributed by atoms with Gasteiger partial charge in [-0.15, -0.1) is 24.0 Å². The summed E-state index contributed by atoms with van der Waals surface area (Å²) in [6.45, 7) is 4.23. The molecule has 0 radical (unpaired) electrons. The van der Waals surface area contributed by atoms with Crippen molar-refractivity contribution in [1.29, 1.82) is 0 Å². The molecule has 5 nitrogen and oxygen atoms in total. The van der Waals surface area contributed by atoms with Gasteiger partial charge in [-0.1, -0.05) is 29.8 Å². The molecule has 0 amide bonds. The van der Waals surface area contributed by atoms with Crippen molar-refractivity contribution in [3.63, 3.8) is 0 Å². The number of aliphatic imine (C=N–C) groups is 1. The van der Waals surface area contributed by atoms with Gasteiger partial charge in [-0.05, 0) is 13.0 Å². The third kappa shape index (κ3) is 7.85. The van der Waals surface area contributed by atoms with Gasteiger partial charge in [-0.2, -0.15) is 0 Å². The molecule has 0 aliphatic rings. The Hall–Kier alpha value is -0.570. The molecule has 0 saturated carbocycles. The van der Waals surface area contributed by atoms with Crippen LogP contribution in [-0.4, -0.2) is 44.4 Å². The first kappa shape index (κ1) is 20.4. The lowest BCUT2D eigenvalue weighted by molar-refractivity contribution is 0.187. The van der Waals surface area contributed by atoms with Gasteiger partial charge < -0.3 is 20.5 Å². The van der Waals surface area contributed by atoms with Crippen LogP contribution in [0.25, 0.3) is 0 Å². The molecule has 21 heavy (non-hydrogen) atoms. The normalized spacial score (nSPS) is 12.5. The van der Waals surface area contributed by atoms with Gasteiger partial charge in [0.15, 0.2) is 5.96 Å². The van der Waals surface area contributed by atoms with Crippen molar-refractivity contribution in [2.45, 2.75) is 13.0 Å². The van der Waals surface area contributed by atoms with E-state index in [9.17, 15) is 5.11 Å². The number of guanidine groups is 1. The molecule has 1 rings (SSSR count). The number of ether oxygens (including phenoxy) is 1. The molecule has 120 valence electrons. The van der Waals surface area contributed by atoms with Crippen LogP contribution in [0.4, 0.5) is 0 Å². The van der Waals surface area contributed by atoms with Crippen LogP contribution in [-0.2, 0) is 4.74 Å². The Labute approximate surface area is 148 Å². The van der Waals surface area contributed by atoms with Gasteiger partial charge in [-0.3, -0.25) is 4.99 Å². The highest BCUT2D eigenvalue weighted by Gasteiger charge is 2.10. The van der Waals surface area contributed by atoms with Crippen LogP contribution in [0.15, 0.2) is 29.3 Å². The predicted octanol–water partition coefficient (Wildman–Crippen LogP) is 2.19. The van der Waals surface area contributed by atoms with Crippen LogP contribution in [0.3, 0.4) is 0 Å². The molecule has 1 unspecified atom stereocenters. The van der Waals surface area contributed by atoms with Gasteiger partial charge in [0.25, 0.3) is 0 Å². The van der Waals surface area contributed by atoms with Crippen molar-refractivity contribution in [2.24, 2.45) is 4.99 Å². The monoisotopic (exact) mass is 427 g/mol. The second-order valence-corrected chi connectivity index (χ2v) is 4.58. The smallest absolute Gasteiger partial charge is 0.191 e. The number of rotatable bonds is 7. The van der Waals surface area contributed by atoms with E-state index in [1.807, 2.05) is 19.1 Å². The molecule has 1 aromatic rings. The first-order valence-corrected chi connectivity index (χ1v) is 7.00. The van der Waals surface area contributed by atoms with E-state index in [0.717, 1.165) is 6.54 Å². The van der Waals surface area contributed by atoms with Crippen LogP contribution < -0.4 is 10.6 Å². The number of aliphatic hydroxyl groups excluding tert-OH is 1. The summed E-state index contributed by atoms with van der Waals surface area (Å²) >= 11 is 6.04. The quantitative estimate of drug-likeness (QED) is 0.270. The number of nitrogens with one attached hydrogen (secondary N) is 2. The number of nitrogens with zero attached hydrogens (tertiary/aromatic N) is 1. The Morgan fingerprint density at radius 1 is 1.38 bits per heavy atom. The lowest BCUT2D eigenvalue weighted by Gasteiger charge is -2.13. The molecule has 3 N–H and O–H groups in total. The fraction of sp³-hybridized carbons (Fsp3) is 0.500. The van der Waals surface area contributed by atoms with Crippen LogP contribution in [0, 0.1) is 0 Å². The second kappa shape index (κ2) is 12.0. The zero-order valence-corrected chi connectivity index (χ0v) is 15.4. The van der Waals surface area contributed by atoms with E-state index in [4.69, 9.17) is 16.3 Å². The average molecular weight is 428 g/mol. The Bertz CT molecular complexity index is 432. The van der Waals surface area contributed by atoms with Crippen molar-refractivity contribution < 1.29 is 9.84 Å². The molecule has 0 fully saturated rings. The van der Waals surface area contributed by atoms with E-state index in [0.29, 0.717) is 29.7 Å². The highest BCUT2D eigenvalue weighted by atomic mass is 127. The van der Waals surface area contributed by atoms with Gasteiger partial charge in [0.2, 0.25) is 0 Å². The lowest BCUT2D eigenvalue weighted by Crippen LogP contribution is -2.39. The number of halogens is 2. The molecule has 1 atom stereocenters. The molecule has 0 aliphatic carbocycles. The van der Waals surface area contributed by atoms with Crippen molar-refractivity contribution >= 4 is 41.5 Å². The van der Waals surface area contributed by atoms with Crippen molar-refractivity contribution in [2.75, 3.05) is 33.4 Å². The summed E-state index contributed by atoms with van der Waals surface area (Å²) in [6.07, 6.45) is -0.721. The zero-order valence-electron chi connectivity index (χ0n) is 12.3. The molecule has 0 saturated heterocycles. The van der Waals surface area contributed by atoms with Gasteiger partial charge in [0, 0.05) is 30.8 Å². The minimum absolute atomic E-state index is 0. The van der Waals surface area contributed by atoms with Gasteiger partial charge in [0.1, 0.15) is 6.10 Å². The van der Waals surface area contributed by atoms with E-state index in [1.165, 1.54) is 0 Å². The summed E-state index contributed by atoms with van der Waals surface area (Å²) in [7, 11) is 1.65. The summed E-state index contributed by atoms with van der Waals surface area (Å²) < 4.78 is 4.97. The molecular weight excluding hydrogens is 405 g/mol. The Morgan fingerprint density at radius 3 is 2.71 bits per heavy atom. The second-order valence-electron chi connectivity index (χ2n) is 4.18. The first-order chi connectivity index (χ1) is 9.69. The number of hydrogen-bond acceptors (Lipinski definition) is 3. The Morgan fingerprint density at radius 2 is 2.10 bits per heavy atom. The van der Waals surface area contributed by atoms with Crippen LogP contribution in [0.2, 0.25) is 5.02 Å². The molecule has 0 aromatic heterocycles.